The van der Waals surface area contributed by atoms with Crippen molar-refractivity contribution in [3.05, 3.63) is 47.0 Å². The standard InChI is InChI=1S/C23H34N2O2/c1-18(2)13-23(26)25(11-12-27-3)17-19-7-6-10-24(16-19)22-14-20-8-4-5-9-21(20)15-22/h4-5,8-9,13,19,22H,6-7,10-12,14-17H2,1-3H3/t19-/m0/s1. The van der Waals surface area contributed by atoms with E-state index in [1.165, 1.54) is 43.4 Å². The molecule has 0 aromatic heterocycles. The van der Waals surface area contributed by atoms with Crippen LogP contribution in [0, 0.1) is 5.92 Å². The van der Waals surface area contributed by atoms with Gasteiger partial charge in [-0.1, -0.05) is 29.8 Å². The Labute approximate surface area is 164 Å². The van der Waals surface area contributed by atoms with Crippen LogP contribution >= 0.6 is 0 Å². The van der Waals surface area contributed by atoms with E-state index in [1.54, 1.807) is 13.2 Å². The molecule has 1 heterocycles. The number of hydrogen-bond donors (Lipinski definition) is 0. The highest BCUT2D eigenvalue weighted by molar-refractivity contribution is 5.88. The summed E-state index contributed by atoms with van der Waals surface area (Å²) in [5.41, 5.74) is 4.09. The summed E-state index contributed by atoms with van der Waals surface area (Å²) in [4.78, 5) is 17.3. The first kappa shape index (κ1) is 20.1. The number of fused-ring (bicyclic) bond motifs is 1. The summed E-state index contributed by atoms with van der Waals surface area (Å²) in [6.07, 6.45) is 6.54. The number of allylic oxidation sites excluding steroid dienone is 1. The summed E-state index contributed by atoms with van der Waals surface area (Å²) in [5, 5.41) is 0. The number of carbonyl (C=O) groups is 1. The Bertz CT molecular complexity index is 641. The first-order valence-corrected chi connectivity index (χ1v) is 10.3. The van der Waals surface area contributed by atoms with Crippen LogP contribution in [-0.2, 0) is 22.4 Å². The Morgan fingerprint density at radius 1 is 1.26 bits per heavy atom. The van der Waals surface area contributed by atoms with Crippen LogP contribution in [0.2, 0.25) is 0 Å². The minimum Gasteiger partial charge on any atom is -0.383 e. The molecular weight excluding hydrogens is 336 g/mol. The minimum atomic E-state index is 0.123. The predicted octanol–water partition coefficient (Wildman–Crippen LogP) is 3.31. The molecule has 27 heavy (non-hydrogen) atoms. The Morgan fingerprint density at radius 2 is 1.96 bits per heavy atom. The van der Waals surface area contributed by atoms with Gasteiger partial charge in [0.25, 0.3) is 0 Å². The third-order valence-electron chi connectivity index (χ3n) is 5.86. The zero-order valence-corrected chi connectivity index (χ0v) is 17.1. The van der Waals surface area contributed by atoms with Gasteiger partial charge in [-0.25, -0.2) is 0 Å². The quantitative estimate of drug-likeness (QED) is 0.691. The average molecular weight is 371 g/mol. The van der Waals surface area contributed by atoms with Crippen molar-refractivity contribution in [1.82, 2.24) is 9.80 Å². The van der Waals surface area contributed by atoms with E-state index in [1.807, 2.05) is 18.7 Å². The molecule has 1 aromatic rings. The van der Waals surface area contributed by atoms with E-state index < -0.39 is 0 Å². The van der Waals surface area contributed by atoms with Crippen molar-refractivity contribution >= 4 is 5.91 Å². The first-order valence-electron chi connectivity index (χ1n) is 10.3. The van der Waals surface area contributed by atoms with E-state index in [-0.39, 0.29) is 5.91 Å². The fraction of sp³-hybridized carbons (Fsp3) is 0.609. The monoisotopic (exact) mass is 370 g/mol. The van der Waals surface area contributed by atoms with Crippen LogP contribution in [0.5, 0.6) is 0 Å². The van der Waals surface area contributed by atoms with Crippen molar-refractivity contribution in [3.63, 3.8) is 0 Å². The van der Waals surface area contributed by atoms with E-state index in [4.69, 9.17) is 4.74 Å². The maximum absolute atomic E-state index is 12.6. The Balaban J connectivity index is 1.59. The molecule has 0 N–H and O–H groups in total. The molecular formula is C23H34N2O2. The van der Waals surface area contributed by atoms with E-state index in [9.17, 15) is 4.79 Å². The summed E-state index contributed by atoms with van der Waals surface area (Å²) in [7, 11) is 1.70. The molecule has 0 saturated carbocycles. The summed E-state index contributed by atoms with van der Waals surface area (Å²) >= 11 is 0. The molecule has 0 bridgehead atoms. The van der Waals surface area contributed by atoms with Crippen molar-refractivity contribution in [1.29, 1.82) is 0 Å². The second-order valence-electron chi connectivity index (χ2n) is 8.33. The number of methoxy groups -OCH3 is 1. The number of piperidine rings is 1. The summed E-state index contributed by atoms with van der Waals surface area (Å²) in [5.74, 6) is 0.672. The molecule has 1 amide bonds. The molecule has 1 aliphatic heterocycles. The molecule has 4 nitrogen and oxygen atoms in total. The number of benzene rings is 1. The molecule has 1 atom stereocenters. The number of nitrogens with zero attached hydrogens (tertiary/aromatic N) is 2. The lowest BCUT2D eigenvalue weighted by atomic mass is 9.95. The molecule has 1 fully saturated rings. The van der Waals surface area contributed by atoms with E-state index in [2.05, 4.69) is 29.2 Å². The maximum atomic E-state index is 12.6. The smallest absolute Gasteiger partial charge is 0.246 e. The van der Waals surface area contributed by atoms with Gasteiger partial charge in [0.2, 0.25) is 5.91 Å². The summed E-state index contributed by atoms with van der Waals surface area (Å²) < 4.78 is 5.23. The van der Waals surface area contributed by atoms with Gasteiger partial charge in [0.15, 0.2) is 0 Å². The van der Waals surface area contributed by atoms with Crippen LogP contribution in [0.1, 0.15) is 37.8 Å². The number of ether oxygens (including phenoxy) is 1. The van der Waals surface area contributed by atoms with Crippen LogP contribution < -0.4 is 0 Å². The normalized spacial score (nSPS) is 20.3. The number of carbonyl (C=O) groups excluding carboxylic acids is 1. The van der Waals surface area contributed by atoms with Crippen molar-refractivity contribution < 1.29 is 9.53 Å². The van der Waals surface area contributed by atoms with Crippen LogP contribution in [0.15, 0.2) is 35.9 Å². The van der Waals surface area contributed by atoms with E-state index in [0.717, 1.165) is 18.7 Å². The van der Waals surface area contributed by atoms with Gasteiger partial charge >= 0.3 is 0 Å². The van der Waals surface area contributed by atoms with Gasteiger partial charge < -0.3 is 9.64 Å². The lowest BCUT2D eigenvalue weighted by Gasteiger charge is -2.38. The molecule has 2 aliphatic rings. The topological polar surface area (TPSA) is 32.8 Å². The van der Waals surface area contributed by atoms with Gasteiger partial charge in [0, 0.05) is 38.9 Å². The number of likely N-dealkylation sites (tertiary alicyclic amines) is 1. The molecule has 3 rings (SSSR count). The van der Waals surface area contributed by atoms with Crippen molar-refractivity contribution in [2.24, 2.45) is 5.92 Å². The van der Waals surface area contributed by atoms with E-state index >= 15 is 0 Å². The minimum absolute atomic E-state index is 0.123. The Kier molecular flexibility index (Phi) is 7.08. The third kappa shape index (κ3) is 5.43. The summed E-state index contributed by atoms with van der Waals surface area (Å²) in [6, 6.07) is 9.50. The molecule has 0 spiro atoms. The van der Waals surface area contributed by atoms with Gasteiger partial charge in [0.1, 0.15) is 0 Å². The molecule has 1 saturated heterocycles. The average Bonchev–Trinajstić information content (AvgIpc) is 3.09. The second-order valence-corrected chi connectivity index (χ2v) is 8.33. The summed E-state index contributed by atoms with van der Waals surface area (Å²) in [6.45, 7) is 8.35. The zero-order valence-electron chi connectivity index (χ0n) is 17.1. The molecule has 0 unspecified atom stereocenters. The van der Waals surface area contributed by atoms with Crippen molar-refractivity contribution in [2.75, 3.05) is 39.9 Å². The fourth-order valence-electron chi connectivity index (χ4n) is 4.51. The Morgan fingerprint density at radius 3 is 2.59 bits per heavy atom. The number of hydrogen-bond acceptors (Lipinski definition) is 3. The van der Waals surface area contributed by atoms with Gasteiger partial charge in [-0.15, -0.1) is 0 Å². The highest BCUT2D eigenvalue weighted by atomic mass is 16.5. The largest absolute Gasteiger partial charge is 0.383 e. The lowest BCUT2D eigenvalue weighted by Crippen LogP contribution is -2.47. The molecule has 4 heteroatoms. The zero-order chi connectivity index (χ0) is 19.2. The van der Waals surface area contributed by atoms with Crippen LogP contribution in [0.25, 0.3) is 0 Å². The van der Waals surface area contributed by atoms with Crippen LogP contribution in [0.4, 0.5) is 0 Å². The van der Waals surface area contributed by atoms with Crippen molar-refractivity contribution in [3.8, 4) is 0 Å². The fourth-order valence-corrected chi connectivity index (χ4v) is 4.51. The van der Waals surface area contributed by atoms with Gasteiger partial charge in [0.05, 0.1) is 6.61 Å². The lowest BCUT2D eigenvalue weighted by molar-refractivity contribution is -0.127. The van der Waals surface area contributed by atoms with E-state index in [0.29, 0.717) is 25.1 Å². The van der Waals surface area contributed by atoms with Crippen LogP contribution in [0.3, 0.4) is 0 Å². The van der Waals surface area contributed by atoms with Gasteiger partial charge in [-0.2, -0.15) is 0 Å². The molecule has 1 aromatic carbocycles. The SMILES string of the molecule is COCCN(C[C@H]1CCCN(C2Cc3ccccc3C2)C1)C(=O)C=C(C)C. The second kappa shape index (κ2) is 9.52. The molecule has 0 radical (unpaired) electrons. The molecule has 1 aliphatic carbocycles. The first-order chi connectivity index (χ1) is 13.1. The highest BCUT2D eigenvalue weighted by Gasteiger charge is 2.31. The number of rotatable bonds is 7. The Hall–Kier alpha value is -1.65. The van der Waals surface area contributed by atoms with Gasteiger partial charge in [-0.3, -0.25) is 9.69 Å². The maximum Gasteiger partial charge on any atom is 0.246 e. The van der Waals surface area contributed by atoms with Gasteiger partial charge in [-0.05, 0) is 63.1 Å². The number of amides is 1. The third-order valence-corrected chi connectivity index (χ3v) is 5.86. The predicted molar refractivity (Wildman–Crippen MR) is 110 cm³/mol. The van der Waals surface area contributed by atoms with Crippen molar-refractivity contribution in [2.45, 2.75) is 45.6 Å². The highest BCUT2D eigenvalue weighted by Crippen LogP contribution is 2.29. The molecule has 148 valence electrons. The van der Waals surface area contributed by atoms with Crippen LogP contribution in [-0.4, -0.2) is 61.6 Å².